The summed E-state index contributed by atoms with van der Waals surface area (Å²) in [4.78, 5) is 15.5. The van der Waals surface area contributed by atoms with Crippen LogP contribution in [0.3, 0.4) is 0 Å². The van der Waals surface area contributed by atoms with E-state index in [2.05, 4.69) is 4.98 Å². The molecule has 0 aromatic carbocycles. The Morgan fingerprint density at radius 1 is 1.44 bits per heavy atom. The van der Waals surface area contributed by atoms with Crippen LogP contribution in [-0.2, 0) is 14.8 Å². The fourth-order valence-electron chi connectivity index (χ4n) is 1.48. The van der Waals surface area contributed by atoms with Gasteiger partial charge in [-0.05, 0) is 19.9 Å². The minimum absolute atomic E-state index is 0.162. The molecule has 7 heteroatoms. The summed E-state index contributed by atoms with van der Waals surface area (Å²) in [5, 5.41) is 0. The van der Waals surface area contributed by atoms with E-state index in [1.54, 1.807) is 0 Å². The van der Waals surface area contributed by atoms with Gasteiger partial charge in [0, 0.05) is 6.20 Å². The second kappa shape index (κ2) is 2.94. The van der Waals surface area contributed by atoms with Crippen LogP contribution in [0.1, 0.15) is 13.8 Å². The maximum absolute atomic E-state index is 11.9. The molecule has 0 spiro atoms. The van der Waals surface area contributed by atoms with Crippen molar-refractivity contribution >= 4 is 27.3 Å². The summed E-state index contributed by atoms with van der Waals surface area (Å²) >= 11 is 0. The monoisotopic (exact) mass is 241 g/mol. The molecule has 1 saturated heterocycles. The molecule has 2 rings (SSSR count). The molecule has 0 bridgehead atoms. The number of sulfonamides is 1. The molecule has 0 saturated carbocycles. The minimum atomic E-state index is -3.65. The molecule has 6 nitrogen and oxygen atoms in total. The maximum Gasteiger partial charge on any atom is 0.263 e. The summed E-state index contributed by atoms with van der Waals surface area (Å²) in [5.74, 6) is -0.481. The van der Waals surface area contributed by atoms with Crippen LogP contribution in [-0.4, -0.2) is 24.1 Å². The van der Waals surface area contributed by atoms with E-state index >= 15 is 0 Å². The molecular weight excluding hydrogens is 230 g/mol. The topological polar surface area (TPSA) is 93.4 Å². The Balaban J connectivity index is 2.55. The van der Waals surface area contributed by atoms with Gasteiger partial charge in [-0.3, -0.25) is 9.78 Å². The highest BCUT2D eigenvalue weighted by Gasteiger charge is 2.61. The quantitative estimate of drug-likeness (QED) is 0.753. The molecule has 1 fully saturated rings. The summed E-state index contributed by atoms with van der Waals surface area (Å²) in [6, 6.07) is 1.40. The van der Waals surface area contributed by atoms with Gasteiger partial charge >= 0.3 is 0 Å². The zero-order valence-electron chi connectivity index (χ0n) is 8.84. The number of anilines is 2. The second-order valence-electron chi connectivity index (χ2n) is 4.02. The predicted octanol–water partition coefficient (Wildman–Crippen LogP) is 0.119. The molecular formula is C9H11N3O3S. The lowest BCUT2D eigenvalue weighted by molar-refractivity contribution is -0.120. The Morgan fingerprint density at radius 3 is 2.56 bits per heavy atom. The number of nitrogens with zero attached hydrogens (tertiary/aromatic N) is 2. The van der Waals surface area contributed by atoms with Crippen LogP contribution < -0.4 is 10.0 Å². The number of hydrogen-bond acceptors (Lipinski definition) is 5. The summed E-state index contributed by atoms with van der Waals surface area (Å²) < 4.78 is 23.1. The van der Waals surface area contributed by atoms with E-state index in [1.807, 2.05) is 0 Å². The molecule has 1 aliphatic rings. The van der Waals surface area contributed by atoms with Crippen molar-refractivity contribution in [3.05, 3.63) is 18.5 Å². The van der Waals surface area contributed by atoms with Gasteiger partial charge in [0.2, 0.25) is 0 Å². The van der Waals surface area contributed by atoms with E-state index in [4.69, 9.17) is 5.73 Å². The molecule has 86 valence electrons. The number of amides is 1. The highest BCUT2D eigenvalue weighted by atomic mass is 32.2. The van der Waals surface area contributed by atoms with E-state index in [9.17, 15) is 13.2 Å². The summed E-state index contributed by atoms with van der Waals surface area (Å²) in [5.41, 5.74) is 5.91. The molecule has 16 heavy (non-hydrogen) atoms. The number of aromatic nitrogens is 1. The first-order valence-electron chi connectivity index (χ1n) is 4.59. The van der Waals surface area contributed by atoms with Gasteiger partial charge in [-0.2, -0.15) is 0 Å². The zero-order chi connectivity index (χ0) is 12.1. The molecule has 0 unspecified atom stereocenters. The molecule has 2 N–H and O–H groups in total. The van der Waals surface area contributed by atoms with Gasteiger partial charge in [-0.15, -0.1) is 0 Å². The summed E-state index contributed by atoms with van der Waals surface area (Å²) in [7, 11) is -3.65. The molecule has 1 aliphatic heterocycles. The number of nitrogens with two attached hydrogens (primary N) is 1. The normalized spacial score (nSPS) is 21.6. The molecule has 2 heterocycles. The first-order chi connectivity index (χ1) is 7.30. The van der Waals surface area contributed by atoms with Crippen molar-refractivity contribution in [2.75, 3.05) is 10.0 Å². The number of pyridine rings is 1. The van der Waals surface area contributed by atoms with Gasteiger partial charge in [-0.1, -0.05) is 0 Å². The molecule has 0 aliphatic carbocycles. The van der Waals surface area contributed by atoms with Crippen molar-refractivity contribution in [1.82, 2.24) is 4.98 Å². The predicted molar refractivity (Wildman–Crippen MR) is 59.1 cm³/mol. The fourth-order valence-corrected chi connectivity index (χ4v) is 2.98. The Bertz CT molecular complexity index is 565. The smallest absolute Gasteiger partial charge is 0.263 e. The lowest BCUT2D eigenvalue weighted by Gasteiger charge is -2.43. The van der Waals surface area contributed by atoms with Crippen LogP contribution in [0.2, 0.25) is 0 Å². The summed E-state index contributed by atoms with van der Waals surface area (Å²) in [6.07, 6.45) is 2.70. The van der Waals surface area contributed by atoms with Crippen molar-refractivity contribution < 1.29 is 13.2 Å². The standard InChI is InChI=1S/C9H11N3O3S/c1-9(2)8(13)12(16(9,14)15)7-3-4-11-5-6(7)10/h3-5H,10H2,1-2H3. The third kappa shape index (κ3) is 1.09. The Labute approximate surface area is 93.1 Å². The number of hydrogen-bond donors (Lipinski definition) is 1. The average Bonchev–Trinajstić information content (AvgIpc) is 2.20. The Kier molecular flexibility index (Phi) is 2.00. The van der Waals surface area contributed by atoms with Gasteiger partial charge in [0.15, 0.2) is 4.75 Å². The highest BCUT2D eigenvalue weighted by molar-refractivity contribution is 7.98. The van der Waals surface area contributed by atoms with E-state index in [-0.39, 0.29) is 11.4 Å². The van der Waals surface area contributed by atoms with Gasteiger partial charge in [-0.25, -0.2) is 12.7 Å². The molecule has 0 radical (unpaired) electrons. The second-order valence-corrected chi connectivity index (χ2v) is 6.36. The average molecular weight is 241 g/mol. The van der Waals surface area contributed by atoms with Crippen molar-refractivity contribution in [1.29, 1.82) is 0 Å². The van der Waals surface area contributed by atoms with E-state index in [1.165, 1.54) is 32.3 Å². The van der Waals surface area contributed by atoms with Crippen LogP contribution >= 0.6 is 0 Å². The lowest BCUT2D eigenvalue weighted by Crippen LogP contribution is -2.67. The fraction of sp³-hybridized carbons (Fsp3) is 0.333. The first-order valence-corrected chi connectivity index (χ1v) is 6.03. The van der Waals surface area contributed by atoms with Crippen LogP contribution in [0.25, 0.3) is 0 Å². The number of carbonyl (C=O) groups is 1. The largest absolute Gasteiger partial charge is 0.396 e. The Hall–Kier alpha value is -1.63. The molecule has 0 atom stereocenters. The molecule has 1 aromatic heterocycles. The lowest BCUT2D eigenvalue weighted by atomic mass is 10.1. The molecule has 1 amide bonds. The van der Waals surface area contributed by atoms with E-state index in [0.717, 1.165) is 4.31 Å². The zero-order valence-corrected chi connectivity index (χ0v) is 9.65. The first kappa shape index (κ1) is 10.9. The number of rotatable bonds is 1. The van der Waals surface area contributed by atoms with E-state index in [0.29, 0.717) is 0 Å². The van der Waals surface area contributed by atoms with Crippen molar-refractivity contribution in [3.8, 4) is 0 Å². The van der Waals surface area contributed by atoms with Gasteiger partial charge in [0.25, 0.3) is 15.9 Å². The van der Waals surface area contributed by atoms with Gasteiger partial charge < -0.3 is 5.73 Å². The third-order valence-electron chi connectivity index (χ3n) is 2.63. The SMILES string of the molecule is CC1(C)C(=O)N(c2ccncc2N)S1(=O)=O. The van der Waals surface area contributed by atoms with Crippen molar-refractivity contribution in [2.24, 2.45) is 0 Å². The Morgan fingerprint density at radius 2 is 2.06 bits per heavy atom. The summed E-state index contributed by atoms with van der Waals surface area (Å²) in [6.45, 7) is 2.75. The number of nitrogen functional groups attached to an aromatic ring is 1. The maximum atomic E-state index is 11.9. The van der Waals surface area contributed by atoms with Crippen molar-refractivity contribution in [2.45, 2.75) is 18.6 Å². The van der Waals surface area contributed by atoms with Crippen LogP contribution in [0.15, 0.2) is 18.5 Å². The number of carbonyl (C=O) groups excluding carboxylic acids is 1. The van der Waals surface area contributed by atoms with Crippen LogP contribution in [0.4, 0.5) is 11.4 Å². The van der Waals surface area contributed by atoms with Gasteiger partial charge in [0.05, 0.1) is 17.6 Å². The molecule has 1 aromatic rings. The van der Waals surface area contributed by atoms with Crippen LogP contribution in [0, 0.1) is 0 Å². The minimum Gasteiger partial charge on any atom is -0.396 e. The van der Waals surface area contributed by atoms with Crippen LogP contribution in [0.5, 0.6) is 0 Å². The van der Waals surface area contributed by atoms with Crippen molar-refractivity contribution in [3.63, 3.8) is 0 Å². The van der Waals surface area contributed by atoms with Gasteiger partial charge in [0.1, 0.15) is 0 Å². The third-order valence-corrected chi connectivity index (χ3v) is 4.94. The van der Waals surface area contributed by atoms with E-state index < -0.39 is 20.7 Å². The highest BCUT2D eigenvalue weighted by Crippen LogP contribution is 2.40.